The van der Waals surface area contributed by atoms with Crippen LogP contribution in [0.2, 0.25) is 0 Å². The van der Waals surface area contributed by atoms with Gasteiger partial charge in [0.2, 0.25) is 0 Å². The van der Waals surface area contributed by atoms with Gasteiger partial charge in [0.15, 0.2) is 12.4 Å². The average Bonchev–Trinajstić information content (AvgIpc) is 2.38. The van der Waals surface area contributed by atoms with E-state index in [0.717, 1.165) is 19.3 Å². The largest absolute Gasteiger partial charge is 0.479 e. The molecule has 1 aliphatic heterocycles. The lowest BCUT2D eigenvalue weighted by Gasteiger charge is -2.26. The number of ether oxygens (including phenoxy) is 2. The van der Waals surface area contributed by atoms with E-state index >= 15 is 0 Å². The summed E-state index contributed by atoms with van der Waals surface area (Å²) in [7, 11) is 0. The predicted octanol–water partition coefficient (Wildman–Crippen LogP) is 2.36. The molecule has 0 aliphatic carbocycles. The van der Waals surface area contributed by atoms with Gasteiger partial charge in [0, 0.05) is 6.61 Å². The van der Waals surface area contributed by atoms with Gasteiger partial charge in [-0.05, 0) is 24.8 Å². The number of carboxylic acid groups (broad SMARTS) is 1. The molecule has 1 aromatic rings. The van der Waals surface area contributed by atoms with Crippen molar-refractivity contribution in [3.63, 3.8) is 0 Å². The van der Waals surface area contributed by atoms with E-state index in [9.17, 15) is 9.90 Å². The molecule has 0 saturated carbocycles. The molecule has 4 heteroatoms. The Morgan fingerprint density at radius 1 is 1.35 bits per heavy atom. The molecule has 0 aromatic heterocycles. The number of carboxylic acids is 1. The van der Waals surface area contributed by atoms with Crippen molar-refractivity contribution in [3.8, 4) is 0 Å². The van der Waals surface area contributed by atoms with Gasteiger partial charge in [0.1, 0.15) is 0 Å². The van der Waals surface area contributed by atoms with E-state index in [1.54, 1.807) is 24.3 Å². The van der Waals surface area contributed by atoms with Gasteiger partial charge in [-0.25, -0.2) is 4.79 Å². The highest BCUT2D eigenvalue weighted by Crippen LogP contribution is 2.23. The standard InChI is InChI=1S/C13H16O4/c14-13(15)12(10-6-2-1-3-7-10)17-11-8-4-5-9-16-11/h1-3,6-7,11-12H,4-5,8-9H2,(H,14,15). The van der Waals surface area contributed by atoms with Crippen molar-refractivity contribution in [3.05, 3.63) is 35.9 Å². The fraction of sp³-hybridized carbons (Fsp3) is 0.462. The van der Waals surface area contributed by atoms with Crippen LogP contribution in [0.25, 0.3) is 0 Å². The van der Waals surface area contributed by atoms with Crippen molar-refractivity contribution in [1.82, 2.24) is 0 Å². The van der Waals surface area contributed by atoms with Gasteiger partial charge < -0.3 is 14.6 Å². The van der Waals surface area contributed by atoms with Crippen LogP contribution in [0.4, 0.5) is 0 Å². The summed E-state index contributed by atoms with van der Waals surface area (Å²) in [6, 6.07) is 8.95. The first kappa shape index (κ1) is 12.1. The summed E-state index contributed by atoms with van der Waals surface area (Å²) in [5.41, 5.74) is 0.647. The number of hydrogen-bond donors (Lipinski definition) is 1. The predicted molar refractivity (Wildman–Crippen MR) is 61.5 cm³/mol. The van der Waals surface area contributed by atoms with Crippen LogP contribution in [0.1, 0.15) is 30.9 Å². The Morgan fingerprint density at radius 3 is 2.71 bits per heavy atom. The summed E-state index contributed by atoms with van der Waals surface area (Å²) >= 11 is 0. The van der Waals surface area contributed by atoms with E-state index in [0.29, 0.717) is 12.2 Å². The van der Waals surface area contributed by atoms with E-state index in [1.165, 1.54) is 0 Å². The molecule has 2 rings (SSSR count). The Hall–Kier alpha value is -1.39. The third-order valence-corrected chi connectivity index (χ3v) is 2.75. The molecule has 1 aromatic carbocycles. The molecule has 0 amide bonds. The number of rotatable bonds is 4. The molecule has 0 spiro atoms. The quantitative estimate of drug-likeness (QED) is 0.871. The van der Waals surface area contributed by atoms with Crippen molar-refractivity contribution in [2.45, 2.75) is 31.7 Å². The Labute approximate surface area is 100 Å². The van der Waals surface area contributed by atoms with Crippen LogP contribution in [0.3, 0.4) is 0 Å². The first-order valence-electron chi connectivity index (χ1n) is 5.82. The van der Waals surface area contributed by atoms with Gasteiger partial charge in [-0.2, -0.15) is 0 Å². The topological polar surface area (TPSA) is 55.8 Å². The molecule has 92 valence electrons. The van der Waals surface area contributed by atoms with Crippen LogP contribution in [0.15, 0.2) is 30.3 Å². The highest BCUT2D eigenvalue weighted by molar-refractivity contribution is 5.74. The Kier molecular flexibility index (Phi) is 4.12. The second-order valence-corrected chi connectivity index (χ2v) is 4.06. The maximum atomic E-state index is 11.2. The molecular formula is C13H16O4. The van der Waals surface area contributed by atoms with Crippen LogP contribution in [0.5, 0.6) is 0 Å². The van der Waals surface area contributed by atoms with E-state index in [-0.39, 0.29) is 0 Å². The summed E-state index contributed by atoms with van der Waals surface area (Å²) in [5.74, 6) is -0.981. The van der Waals surface area contributed by atoms with E-state index < -0.39 is 18.4 Å². The molecule has 2 atom stereocenters. The number of hydrogen-bond acceptors (Lipinski definition) is 3. The Morgan fingerprint density at radius 2 is 2.12 bits per heavy atom. The molecule has 2 unspecified atom stereocenters. The third-order valence-electron chi connectivity index (χ3n) is 2.75. The van der Waals surface area contributed by atoms with Gasteiger partial charge in [-0.1, -0.05) is 30.3 Å². The lowest BCUT2D eigenvalue weighted by Crippen LogP contribution is -2.27. The number of aliphatic carboxylic acids is 1. The van der Waals surface area contributed by atoms with Crippen molar-refractivity contribution < 1.29 is 19.4 Å². The van der Waals surface area contributed by atoms with Crippen LogP contribution in [0, 0.1) is 0 Å². The second-order valence-electron chi connectivity index (χ2n) is 4.06. The highest BCUT2D eigenvalue weighted by Gasteiger charge is 2.26. The van der Waals surface area contributed by atoms with Crippen molar-refractivity contribution in [2.24, 2.45) is 0 Å². The molecule has 4 nitrogen and oxygen atoms in total. The molecule has 1 heterocycles. The third kappa shape index (κ3) is 3.28. The van der Waals surface area contributed by atoms with Gasteiger partial charge in [-0.3, -0.25) is 0 Å². The van der Waals surface area contributed by atoms with E-state index in [2.05, 4.69) is 0 Å². The van der Waals surface area contributed by atoms with E-state index in [4.69, 9.17) is 9.47 Å². The zero-order valence-corrected chi connectivity index (χ0v) is 9.54. The fourth-order valence-corrected chi connectivity index (χ4v) is 1.88. The van der Waals surface area contributed by atoms with Crippen molar-refractivity contribution in [2.75, 3.05) is 6.61 Å². The SMILES string of the molecule is O=C(O)C(OC1CCCCO1)c1ccccc1. The minimum Gasteiger partial charge on any atom is -0.479 e. The summed E-state index contributed by atoms with van der Waals surface area (Å²) in [4.78, 5) is 11.2. The molecule has 1 aliphatic rings. The van der Waals surface area contributed by atoms with Gasteiger partial charge in [0.25, 0.3) is 0 Å². The molecule has 1 fully saturated rings. The average molecular weight is 236 g/mol. The highest BCUT2D eigenvalue weighted by atomic mass is 16.7. The number of carbonyl (C=O) groups is 1. The Balaban J connectivity index is 2.05. The van der Waals surface area contributed by atoms with Crippen LogP contribution in [-0.4, -0.2) is 24.0 Å². The van der Waals surface area contributed by atoms with Gasteiger partial charge >= 0.3 is 5.97 Å². The molecular weight excluding hydrogens is 220 g/mol. The lowest BCUT2D eigenvalue weighted by atomic mass is 10.1. The van der Waals surface area contributed by atoms with Crippen molar-refractivity contribution >= 4 is 5.97 Å². The van der Waals surface area contributed by atoms with Crippen molar-refractivity contribution in [1.29, 1.82) is 0 Å². The normalized spacial score (nSPS) is 22.0. The Bertz CT molecular complexity index is 357. The molecule has 0 bridgehead atoms. The summed E-state index contributed by atoms with van der Waals surface area (Å²) in [6.07, 6.45) is 1.45. The molecule has 0 radical (unpaired) electrons. The first-order chi connectivity index (χ1) is 8.27. The number of benzene rings is 1. The lowest BCUT2D eigenvalue weighted by molar-refractivity contribution is -0.202. The smallest absolute Gasteiger partial charge is 0.337 e. The van der Waals surface area contributed by atoms with E-state index in [1.807, 2.05) is 6.07 Å². The molecule has 17 heavy (non-hydrogen) atoms. The molecule has 1 saturated heterocycles. The zero-order chi connectivity index (χ0) is 12.1. The summed E-state index contributed by atoms with van der Waals surface area (Å²) < 4.78 is 10.9. The summed E-state index contributed by atoms with van der Waals surface area (Å²) in [5, 5.41) is 9.18. The van der Waals surface area contributed by atoms with Crippen LogP contribution in [-0.2, 0) is 14.3 Å². The second kappa shape index (κ2) is 5.80. The van der Waals surface area contributed by atoms with Gasteiger partial charge in [-0.15, -0.1) is 0 Å². The van der Waals surface area contributed by atoms with Crippen LogP contribution >= 0.6 is 0 Å². The maximum absolute atomic E-state index is 11.2. The zero-order valence-electron chi connectivity index (χ0n) is 9.54. The molecule has 1 N–H and O–H groups in total. The first-order valence-corrected chi connectivity index (χ1v) is 5.82. The monoisotopic (exact) mass is 236 g/mol. The minimum atomic E-state index is -0.981. The fourth-order valence-electron chi connectivity index (χ4n) is 1.88. The van der Waals surface area contributed by atoms with Crippen LogP contribution < -0.4 is 0 Å². The minimum absolute atomic E-state index is 0.398. The van der Waals surface area contributed by atoms with Gasteiger partial charge in [0.05, 0.1) is 0 Å². The maximum Gasteiger partial charge on any atom is 0.337 e. The summed E-state index contributed by atoms with van der Waals surface area (Å²) in [6.45, 7) is 0.645.